The van der Waals surface area contributed by atoms with Gasteiger partial charge >= 0.3 is 0 Å². The summed E-state index contributed by atoms with van der Waals surface area (Å²) < 4.78 is 6.40. The highest BCUT2D eigenvalue weighted by molar-refractivity contribution is 9.10. The first-order valence-electron chi connectivity index (χ1n) is 4.67. The molecule has 1 saturated heterocycles. The van der Waals surface area contributed by atoms with E-state index in [0.717, 1.165) is 23.2 Å². The van der Waals surface area contributed by atoms with Crippen LogP contribution in [-0.4, -0.2) is 24.7 Å². The lowest BCUT2D eigenvalue weighted by atomic mass is 9.83. The fourth-order valence-corrected chi connectivity index (χ4v) is 2.00. The monoisotopic (exact) mass is 256 g/mol. The van der Waals surface area contributed by atoms with Crippen molar-refractivity contribution in [2.45, 2.75) is 11.8 Å². The van der Waals surface area contributed by atoms with E-state index in [1.165, 1.54) is 0 Å². The molecule has 0 radical (unpaired) electrons. The largest absolute Gasteiger partial charge is 0.380 e. The van der Waals surface area contributed by atoms with Gasteiger partial charge in [0.05, 0.1) is 17.7 Å². The molecule has 0 spiro atoms. The van der Waals surface area contributed by atoms with Crippen molar-refractivity contribution in [1.82, 2.24) is 4.98 Å². The van der Waals surface area contributed by atoms with Crippen LogP contribution in [0.1, 0.15) is 12.1 Å². The van der Waals surface area contributed by atoms with Crippen LogP contribution in [0.25, 0.3) is 0 Å². The highest BCUT2D eigenvalue weighted by Gasteiger charge is 2.36. The number of nitrogens with two attached hydrogens (primary N) is 1. The normalized spacial score (nSPS) is 26.7. The van der Waals surface area contributed by atoms with Crippen LogP contribution in [0.2, 0.25) is 0 Å². The predicted octanol–water partition coefficient (Wildman–Crippen LogP) is 1.46. The Balaban J connectivity index is 2.31. The molecule has 1 aromatic heterocycles. The van der Waals surface area contributed by atoms with E-state index in [2.05, 4.69) is 20.9 Å². The van der Waals surface area contributed by atoms with Crippen molar-refractivity contribution in [3.8, 4) is 0 Å². The van der Waals surface area contributed by atoms with Crippen molar-refractivity contribution in [1.29, 1.82) is 0 Å². The van der Waals surface area contributed by atoms with E-state index in [1.54, 1.807) is 0 Å². The summed E-state index contributed by atoms with van der Waals surface area (Å²) in [6.07, 6.45) is 2.78. The van der Waals surface area contributed by atoms with Gasteiger partial charge in [-0.1, -0.05) is 0 Å². The Morgan fingerprint density at radius 1 is 1.57 bits per heavy atom. The summed E-state index contributed by atoms with van der Waals surface area (Å²) in [6.45, 7) is 2.08. The number of halogens is 1. The molecule has 0 amide bonds. The van der Waals surface area contributed by atoms with Gasteiger partial charge in [-0.3, -0.25) is 4.98 Å². The lowest BCUT2D eigenvalue weighted by Gasteiger charge is -2.24. The Hall–Kier alpha value is -0.450. The molecule has 1 unspecified atom stereocenters. The zero-order valence-corrected chi connectivity index (χ0v) is 9.46. The van der Waals surface area contributed by atoms with E-state index < -0.39 is 0 Å². The second-order valence-electron chi connectivity index (χ2n) is 3.65. The predicted molar refractivity (Wildman–Crippen MR) is 58.1 cm³/mol. The summed E-state index contributed by atoms with van der Waals surface area (Å²) in [4.78, 5) is 4.40. The Bertz CT molecular complexity index is 306. The second kappa shape index (κ2) is 3.96. The van der Waals surface area contributed by atoms with Gasteiger partial charge in [-0.2, -0.15) is 0 Å². The van der Waals surface area contributed by atoms with Crippen LogP contribution in [0, 0.1) is 0 Å². The van der Waals surface area contributed by atoms with Crippen molar-refractivity contribution in [2.24, 2.45) is 5.73 Å². The maximum absolute atomic E-state index is 5.81. The Morgan fingerprint density at radius 3 is 2.93 bits per heavy atom. The van der Waals surface area contributed by atoms with Crippen LogP contribution in [-0.2, 0) is 10.2 Å². The van der Waals surface area contributed by atoms with Crippen LogP contribution in [0.15, 0.2) is 22.8 Å². The number of rotatable bonds is 2. The molecular weight excluding hydrogens is 244 g/mol. The summed E-state index contributed by atoms with van der Waals surface area (Å²) in [7, 11) is 0. The summed E-state index contributed by atoms with van der Waals surface area (Å²) in [5.41, 5.74) is 6.79. The molecule has 0 aromatic carbocycles. The van der Waals surface area contributed by atoms with Crippen LogP contribution in [0.5, 0.6) is 0 Å². The van der Waals surface area contributed by atoms with E-state index >= 15 is 0 Å². The first-order chi connectivity index (χ1) is 6.77. The van der Waals surface area contributed by atoms with E-state index in [9.17, 15) is 0 Å². The third-order valence-electron chi connectivity index (χ3n) is 2.76. The SMILES string of the molecule is NCC1(c2ccc(Br)cn2)CCOC1. The number of pyridine rings is 1. The zero-order chi connectivity index (χ0) is 10.0. The van der Waals surface area contributed by atoms with Crippen molar-refractivity contribution in [3.63, 3.8) is 0 Å². The third kappa shape index (κ3) is 1.69. The molecule has 1 fully saturated rings. The van der Waals surface area contributed by atoms with Gasteiger partial charge in [0.25, 0.3) is 0 Å². The van der Waals surface area contributed by atoms with Crippen LogP contribution >= 0.6 is 15.9 Å². The van der Waals surface area contributed by atoms with Crippen molar-refractivity contribution >= 4 is 15.9 Å². The summed E-state index contributed by atoms with van der Waals surface area (Å²) in [5, 5.41) is 0. The zero-order valence-electron chi connectivity index (χ0n) is 7.87. The molecular formula is C10H13BrN2O. The number of hydrogen-bond donors (Lipinski definition) is 1. The maximum Gasteiger partial charge on any atom is 0.0591 e. The maximum atomic E-state index is 5.81. The average molecular weight is 257 g/mol. The molecule has 1 aliphatic rings. The minimum absolute atomic E-state index is 0.0549. The molecule has 0 saturated carbocycles. The minimum Gasteiger partial charge on any atom is -0.380 e. The Labute approximate surface area is 91.8 Å². The van der Waals surface area contributed by atoms with Gasteiger partial charge in [-0.05, 0) is 34.5 Å². The van der Waals surface area contributed by atoms with Gasteiger partial charge in [-0.25, -0.2) is 0 Å². The topological polar surface area (TPSA) is 48.1 Å². The highest BCUT2D eigenvalue weighted by atomic mass is 79.9. The number of aromatic nitrogens is 1. The van der Waals surface area contributed by atoms with Gasteiger partial charge in [0.1, 0.15) is 0 Å². The molecule has 4 heteroatoms. The summed E-state index contributed by atoms with van der Waals surface area (Å²) >= 11 is 3.37. The molecule has 14 heavy (non-hydrogen) atoms. The van der Waals surface area contributed by atoms with Crippen LogP contribution < -0.4 is 5.73 Å². The molecule has 2 heterocycles. The number of ether oxygens (including phenoxy) is 1. The smallest absolute Gasteiger partial charge is 0.0591 e. The molecule has 76 valence electrons. The standard InChI is InChI=1S/C10H13BrN2O/c11-8-1-2-9(13-5-8)10(6-12)3-4-14-7-10/h1-2,5H,3-4,6-7,12H2. The number of nitrogens with zero attached hydrogens (tertiary/aromatic N) is 1. The molecule has 0 bridgehead atoms. The van der Waals surface area contributed by atoms with Gasteiger partial charge < -0.3 is 10.5 Å². The molecule has 0 aliphatic carbocycles. The van der Waals surface area contributed by atoms with Crippen LogP contribution in [0.4, 0.5) is 0 Å². The van der Waals surface area contributed by atoms with E-state index in [4.69, 9.17) is 10.5 Å². The molecule has 2 rings (SSSR count). The highest BCUT2D eigenvalue weighted by Crippen LogP contribution is 2.31. The van der Waals surface area contributed by atoms with Gasteiger partial charge in [0, 0.05) is 23.8 Å². The molecule has 1 aliphatic heterocycles. The molecule has 2 N–H and O–H groups in total. The molecule has 1 aromatic rings. The van der Waals surface area contributed by atoms with Gasteiger partial charge in [0.15, 0.2) is 0 Å². The third-order valence-corrected chi connectivity index (χ3v) is 3.23. The average Bonchev–Trinajstić information content (AvgIpc) is 2.68. The summed E-state index contributed by atoms with van der Waals surface area (Å²) in [6, 6.07) is 4.02. The van der Waals surface area contributed by atoms with E-state index in [0.29, 0.717) is 13.2 Å². The van der Waals surface area contributed by atoms with Crippen molar-refractivity contribution in [3.05, 3.63) is 28.5 Å². The van der Waals surface area contributed by atoms with Crippen molar-refractivity contribution in [2.75, 3.05) is 19.8 Å². The van der Waals surface area contributed by atoms with Crippen LogP contribution in [0.3, 0.4) is 0 Å². The number of hydrogen-bond acceptors (Lipinski definition) is 3. The summed E-state index contributed by atoms with van der Waals surface area (Å²) in [5.74, 6) is 0. The van der Waals surface area contributed by atoms with Gasteiger partial charge in [0.2, 0.25) is 0 Å². The van der Waals surface area contributed by atoms with E-state index in [1.807, 2.05) is 18.3 Å². The Morgan fingerprint density at radius 2 is 2.43 bits per heavy atom. The van der Waals surface area contributed by atoms with Gasteiger partial charge in [-0.15, -0.1) is 0 Å². The second-order valence-corrected chi connectivity index (χ2v) is 4.56. The van der Waals surface area contributed by atoms with Crippen molar-refractivity contribution < 1.29 is 4.74 Å². The fraction of sp³-hybridized carbons (Fsp3) is 0.500. The molecule has 3 nitrogen and oxygen atoms in total. The Kier molecular flexibility index (Phi) is 2.85. The first-order valence-corrected chi connectivity index (χ1v) is 5.46. The quantitative estimate of drug-likeness (QED) is 0.872. The lowest BCUT2D eigenvalue weighted by Crippen LogP contribution is -2.36. The fourth-order valence-electron chi connectivity index (χ4n) is 1.76. The lowest BCUT2D eigenvalue weighted by molar-refractivity contribution is 0.177. The van der Waals surface area contributed by atoms with E-state index in [-0.39, 0.29) is 5.41 Å². The first kappa shape index (κ1) is 10.1. The minimum atomic E-state index is -0.0549. The molecule has 1 atom stereocenters.